The van der Waals surface area contributed by atoms with Crippen LogP contribution in [0.1, 0.15) is 49.8 Å². The summed E-state index contributed by atoms with van der Waals surface area (Å²) in [5.74, 6) is 0.0393. The second-order valence-corrected chi connectivity index (χ2v) is 7.54. The normalized spacial score (nSPS) is 27.7. The number of ether oxygens (including phenoxy) is 1. The Bertz CT molecular complexity index is 483. The molecule has 1 aliphatic heterocycles. The van der Waals surface area contributed by atoms with Gasteiger partial charge in [-0.2, -0.15) is 0 Å². The minimum Gasteiger partial charge on any atom is -0.364 e. The molecule has 3 rings (SSSR count). The molecule has 122 valence electrons. The van der Waals surface area contributed by atoms with Gasteiger partial charge in [0.2, 0.25) is 5.91 Å². The van der Waals surface area contributed by atoms with E-state index < -0.39 is 0 Å². The lowest BCUT2D eigenvalue weighted by Crippen LogP contribution is -2.45. The van der Waals surface area contributed by atoms with Crippen LogP contribution >= 0.6 is 11.3 Å². The van der Waals surface area contributed by atoms with Crippen LogP contribution in [0.25, 0.3) is 0 Å². The Morgan fingerprint density at radius 1 is 1.36 bits per heavy atom. The SMILES string of the molecule is NC[C@H]1CC[C@@H](C(=O)NCC2(c3cccs3)CCCCC2)O1. The molecular formula is C17H26N2O2S. The molecule has 2 fully saturated rings. The van der Waals surface area contributed by atoms with Crippen molar-refractivity contribution in [2.45, 2.75) is 62.6 Å². The summed E-state index contributed by atoms with van der Waals surface area (Å²) < 4.78 is 5.70. The van der Waals surface area contributed by atoms with Crippen LogP contribution in [0.4, 0.5) is 0 Å². The molecule has 3 N–H and O–H groups in total. The second kappa shape index (κ2) is 7.11. The van der Waals surface area contributed by atoms with Gasteiger partial charge in [0.15, 0.2) is 0 Å². The predicted octanol–water partition coefficient (Wildman–Crippen LogP) is 2.57. The highest BCUT2D eigenvalue weighted by Gasteiger charge is 2.37. The maximum absolute atomic E-state index is 12.4. The van der Waals surface area contributed by atoms with E-state index in [9.17, 15) is 4.79 Å². The lowest BCUT2D eigenvalue weighted by molar-refractivity contribution is -0.132. The second-order valence-electron chi connectivity index (χ2n) is 6.60. The summed E-state index contributed by atoms with van der Waals surface area (Å²) in [5.41, 5.74) is 5.75. The highest BCUT2D eigenvalue weighted by molar-refractivity contribution is 7.10. The Labute approximate surface area is 136 Å². The fraction of sp³-hybridized carbons (Fsp3) is 0.706. The molecule has 22 heavy (non-hydrogen) atoms. The molecular weight excluding hydrogens is 296 g/mol. The summed E-state index contributed by atoms with van der Waals surface area (Å²) in [7, 11) is 0. The largest absolute Gasteiger partial charge is 0.364 e. The van der Waals surface area contributed by atoms with Gasteiger partial charge in [0.1, 0.15) is 6.10 Å². The van der Waals surface area contributed by atoms with E-state index in [-0.39, 0.29) is 23.5 Å². The van der Waals surface area contributed by atoms with E-state index in [1.54, 1.807) is 0 Å². The van der Waals surface area contributed by atoms with Gasteiger partial charge < -0.3 is 15.8 Å². The van der Waals surface area contributed by atoms with Crippen molar-refractivity contribution in [1.82, 2.24) is 5.32 Å². The first-order valence-electron chi connectivity index (χ1n) is 8.41. The lowest BCUT2D eigenvalue weighted by Gasteiger charge is -2.37. The maximum atomic E-state index is 12.4. The van der Waals surface area contributed by atoms with Gasteiger partial charge in [-0.15, -0.1) is 11.3 Å². The zero-order valence-corrected chi connectivity index (χ0v) is 13.9. The third kappa shape index (κ3) is 3.36. The van der Waals surface area contributed by atoms with Crippen molar-refractivity contribution in [3.63, 3.8) is 0 Å². The third-order valence-electron chi connectivity index (χ3n) is 5.12. The molecule has 1 aliphatic carbocycles. The quantitative estimate of drug-likeness (QED) is 0.876. The van der Waals surface area contributed by atoms with Crippen LogP contribution in [0.5, 0.6) is 0 Å². The fourth-order valence-electron chi connectivity index (χ4n) is 3.76. The average molecular weight is 322 g/mol. The first-order chi connectivity index (χ1) is 10.7. The van der Waals surface area contributed by atoms with Crippen LogP contribution in [-0.2, 0) is 14.9 Å². The Hall–Kier alpha value is -0.910. The molecule has 1 saturated carbocycles. The highest BCUT2D eigenvalue weighted by Crippen LogP contribution is 2.41. The van der Waals surface area contributed by atoms with Gasteiger partial charge >= 0.3 is 0 Å². The summed E-state index contributed by atoms with van der Waals surface area (Å²) in [6.45, 7) is 1.24. The van der Waals surface area contributed by atoms with Crippen molar-refractivity contribution < 1.29 is 9.53 Å². The molecule has 0 radical (unpaired) electrons. The molecule has 4 nitrogen and oxygen atoms in total. The zero-order chi connectivity index (χ0) is 15.4. The average Bonchev–Trinajstić information content (AvgIpc) is 3.24. The summed E-state index contributed by atoms with van der Waals surface area (Å²) in [6.07, 6.45) is 7.59. The van der Waals surface area contributed by atoms with Crippen LogP contribution in [0, 0.1) is 0 Å². The van der Waals surface area contributed by atoms with Gasteiger partial charge in [0.25, 0.3) is 0 Å². The highest BCUT2D eigenvalue weighted by atomic mass is 32.1. The number of hydrogen-bond donors (Lipinski definition) is 2. The van der Waals surface area contributed by atoms with Gasteiger partial charge in [-0.05, 0) is 37.1 Å². The van der Waals surface area contributed by atoms with Crippen molar-refractivity contribution in [2.24, 2.45) is 5.73 Å². The molecule has 5 heteroatoms. The zero-order valence-electron chi connectivity index (χ0n) is 13.1. The number of carbonyl (C=O) groups excluding carboxylic acids is 1. The molecule has 1 amide bonds. The maximum Gasteiger partial charge on any atom is 0.249 e. The molecule has 2 aliphatic rings. The minimum atomic E-state index is -0.308. The van der Waals surface area contributed by atoms with Crippen molar-refractivity contribution in [1.29, 1.82) is 0 Å². The Balaban J connectivity index is 1.61. The standard InChI is InChI=1S/C17H26N2O2S/c18-11-13-6-7-14(21-13)16(20)19-12-17(8-2-1-3-9-17)15-5-4-10-22-15/h4-5,10,13-14H,1-3,6-9,11-12,18H2,(H,19,20)/t13-,14+/m1/s1. The van der Waals surface area contributed by atoms with Crippen molar-refractivity contribution >= 4 is 17.2 Å². The van der Waals surface area contributed by atoms with Gasteiger partial charge in [-0.25, -0.2) is 0 Å². The lowest BCUT2D eigenvalue weighted by atomic mass is 9.73. The van der Waals surface area contributed by atoms with Crippen LogP contribution in [0.2, 0.25) is 0 Å². The van der Waals surface area contributed by atoms with Crippen molar-refractivity contribution in [3.8, 4) is 0 Å². The molecule has 0 bridgehead atoms. The van der Waals surface area contributed by atoms with Gasteiger partial charge in [-0.1, -0.05) is 25.3 Å². The number of nitrogens with two attached hydrogens (primary N) is 1. The summed E-state index contributed by atoms with van der Waals surface area (Å²) in [6, 6.07) is 4.34. The molecule has 2 heterocycles. The van der Waals surface area contributed by atoms with Crippen molar-refractivity contribution in [2.75, 3.05) is 13.1 Å². The van der Waals surface area contributed by atoms with Crippen LogP contribution in [0.3, 0.4) is 0 Å². The fourth-order valence-corrected chi connectivity index (χ4v) is 4.75. The van der Waals surface area contributed by atoms with E-state index in [0.29, 0.717) is 6.54 Å². The van der Waals surface area contributed by atoms with E-state index in [1.807, 2.05) is 11.3 Å². The summed E-state index contributed by atoms with van der Waals surface area (Å²) in [4.78, 5) is 13.8. The minimum absolute atomic E-state index is 0.0393. The van der Waals surface area contributed by atoms with Crippen molar-refractivity contribution in [3.05, 3.63) is 22.4 Å². The molecule has 0 spiro atoms. The van der Waals surface area contributed by atoms with E-state index in [4.69, 9.17) is 10.5 Å². The molecule has 0 aromatic carbocycles. The van der Waals surface area contributed by atoms with E-state index in [1.165, 1.54) is 37.0 Å². The topological polar surface area (TPSA) is 64.4 Å². The Morgan fingerprint density at radius 2 is 2.18 bits per heavy atom. The molecule has 1 aromatic heterocycles. The first-order valence-corrected chi connectivity index (χ1v) is 9.29. The number of amides is 1. The smallest absolute Gasteiger partial charge is 0.249 e. The third-order valence-corrected chi connectivity index (χ3v) is 6.23. The molecule has 1 saturated heterocycles. The number of rotatable bonds is 5. The predicted molar refractivity (Wildman–Crippen MR) is 89.0 cm³/mol. The first kappa shape index (κ1) is 16.0. The number of hydrogen-bond acceptors (Lipinski definition) is 4. The Morgan fingerprint density at radius 3 is 2.82 bits per heavy atom. The van der Waals surface area contributed by atoms with Crippen LogP contribution in [-0.4, -0.2) is 31.2 Å². The van der Waals surface area contributed by atoms with Crippen LogP contribution < -0.4 is 11.1 Å². The van der Waals surface area contributed by atoms with Gasteiger partial charge in [0, 0.05) is 23.4 Å². The number of carbonyl (C=O) groups is 1. The summed E-state index contributed by atoms with van der Waals surface area (Å²) in [5, 5.41) is 5.31. The number of nitrogens with one attached hydrogen (secondary N) is 1. The molecule has 2 atom stereocenters. The molecule has 1 aromatic rings. The van der Waals surface area contributed by atoms with E-state index >= 15 is 0 Å². The monoisotopic (exact) mass is 322 g/mol. The Kier molecular flexibility index (Phi) is 5.16. The summed E-state index contributed by atoms with van der Waals surface area (Å²) >= 11 is 1.82. The van der Waals surface area contributed by atoms with Gasteiger partial charge in [0.05, 0.1) is 6.10 Å². The van der Waals surface area contributed by atoms with E-state index in [2.05, 4.69) is 22.8 Å². The van der Waals surface area contributed by atoms with Gasteiger partial charge in [-0.3, -0.25) is 4.79 Å². The number of thiophene rings is 1. The molecule has 0 unspecified atom stereocenters. The van der Waals surface area contributed by atoms with Crippen LogP contribution in [0.15, 0.2) is 17.5 Å². The van der Waals surface area contributed by atoms with E-state index in [0.717, 1.165) is 19.4 Å².